The van der Waals surface area contributed by atoms with Crippen LogP contribution in [0.5, 0.6) is 0 Å². The fraction of sp³-hybridized carbons (Fsp3) is 0.423. The Morgan fingerprint density at radius 2 is 1.78 bits per heavy atom. The van der Waals surface area contributed by atoms with Crippen molar-refractivity contribution in [2.75, 3.05) is 4.90 Å². The summed E-state index contributed by atoms with van der Waals surface area (Å²) < 4.78 is 2.21. The van der Waals surface area contributed by atoms with Crippen molar-refractivity contribution >= 4 is 29.4 Å². The molecule has 32 heavy (non-hydrogen) atoms. The van der Waals surface area contributed by atoms with E-state index in [0.29, 0.717) is 5.82 Å². The molecule has 0 bridgehead atoms. The van der Waals surface area contributed by atoms with Crippen LogP contribution in [-0.2, 0) is 16.0 Å². The molecule has 3 aromatic rings. The number of anilines is 1. The van der Waals surface area contributed by atoms with Crippen LogP contribution in [-0.4, -0.2) is 33.4 Å². The minimum Gasteiger partial charge on any atom is -0.380 e. The predicted octanol–water partition coefficient (Wildman–Crippen LogP) is 4.35. The second-order valence-corrected chi connectivity index (χ2v) is 9.19. The van der Waals surface area contributed by atoms with Crippen LogP contribution in [0, 0.1) is 5.92 Å². The number of rotatable bonds is 5. The number of carbonyl (C=O) groups is 2. The average Bonchev–Trinajstić information content (AvgIpc) is 3.24. The van der Waals surface area contributed by atoms with Gasteiger partial charge in [-0.15, -0.1) is 0 Å². The number of carbonyl (C=O) groups excluding carboxylic acids is 2. The summed E-state index contributed by atoms with van der Waals surface area (Å²) in [5.41, 5.74) is 4.69. The van der Waals surface area contributed by atoms with Crippen LogP contribution < -0.4 is 4.90 Å². The van der Waals surface area contributed by atoms with Crippen molar-refractivity contribution in [3.8, 4) is 0 Å². The van der Waals surface area contributed by atoms with E-state index >= 15 is 0 Å². The highest BCUT2D eigenvalue weighted by Gasteiger charge is 2.31. The second-order valence-electron chi connectivity index (χ2n) is 9.19. The van der Waals surface area contributed by atoms with E-state index in [1.807, 2.05) is 42.5 Å². The van der Waals surface area contributed by atoms with Crippen molar-refractivity contribution < 1.29 is 14.7 Å². The van der Waals surface area contributed by atoms with Crippen LogP contribution in [0.2, 0.25) is 0 Å². The zero-order valence-electron chi connectivity index (χ0n) is 18.4. The molecule has 1 saturated carbocycles. The molecular weight excluding hydrogens is 402 g/mol. The number of aryl methyl sites for hydroxylation is 1. The number of benzene rings is 2. The summed E-state index contributed by atoms with van der Waals surface area (Å²) in [5.74, 6) is 0.768. The molecular formula is C26H29N3O3. The Morgan fingerprint density at radius 3 is 2.47 bits per heavy atom. The molecule has 6 nitrogen and oxygen atoms in total. The van der Waals surface area contributed by atoms with Gasteiger partial charge in [0.15, 0.2) is 0 Å². The first-order chi connectivity index (χ1) is 15.6. The molecule has 1 N–H and O–H groups in total. The number of hydrogen-bond acceptors (Lipinski definition) is 4. The Balaban J connectivity index is 1.67. The third kappa shape index (κ3) is 3.43. The van der Waals surface area contributed by atoms with Gasteiger partial charge in [-0.25, -0.2) is 4.98 Å². The molecule has 0 saturated heterocycles. The molecule has 2 heterocycles. The lowest BCUT2D eigenvalue weighted by Crippen LogP contribution is -2.36. The molecule has 1 aliphatic carbocycles. The summed E-state index contributed by atoms with van der Waals surface area (Å²) >= 11 is 0. The summed E-state index contributed by atoms with van der Waals surface area (Å²) in [7, 11) is 0. The number of nitrogens with zero attached hydrogens (tertiary/aromatic N) is 3. The van der Waals surface area contributed by atoms with E-state index in [2.05, 4.69) is 11.5 Å². The molecule has 2 atom stereocenters. The number of fused-ring (bicyclic) bond motifs is 3. The van der Waals surface area contributed by atoms with Crippen LogP contribution in [0.1, 0.15) is 68.1 Å². The van der Waals surface area contributed by atoms with Gasteiger partial charge < -0.3 is 19.4 Å². The Hall–Kier alpha value is -2.99. The maximum atomic E-state index is 11.8. The van der Waals surface area contributed by atoms with Gasteiger partial charge in [0.05, 0.1) is 11.0 Å². The minimum absolute atomic E-state index is 0.124. The molecule has 166 valence electrons. The van der Waals surface area contributed by atoms with E-state index in [-0.39, 0.29) is 18.0 Å². The summed E-state index contributed by atoms with van der Waals surface area (Å²) in [4.78, 5) is 29.9. The zero-order valence-corrected chi connectivity index (χ0v) is 18.4. The average molecular weight is 432 g/mol. The molecule has 2 unspecified atom stereocenters. The lowest BCUT2D eigenvalue weighted by Gasteiger charge is -2.32. The van der Waals surface area contributed by atoms with Gasteiger partial charge in [0.25, 0.3) is 0 Å². The third-order valence-electron chi connectivity index (χ3n) is 7.31. The van der Waals surface area contributed by atoms with Crippen molar-refractivity contribution in [3.63, 3.8) is 0 Å². The quantitative estimate of drug-likeness (QED) is 0.610. The molecule has 2 aliphatic rings. The van der Waals surface area contributed by atoms with Crippen LogP contribution in [0.4, 0.5) is 5.69 Å². The lowest BCUT2D eigenvalue weighted by atomic mass is 9.86. The Labute approximate surface area is 187 Å². The highest BCUT2D eigenvalue weighted by atomic mass is 16.3. The van der Waals surface area contributed by atoms with Gasteiger partial charge in [-0.05, 0) is 63.1 Å². The predicted molar refractivity (Wildman–Crippen MR) is 124 cm³/mol. The van der Waals surface area contributed by atoms with Crippen molar-refractivity contribution in [2.24, 2.45) is 5.92 Å². The summed E-state index contributed by atoms with van der Waals surface area (Å²) in [5, 5.41) is 11.3. The molecule has 0 spiro atoms. The summed E-state index contributed by atoms with van der Waals surface area (Å²) in [6.45, 7) is 2.07. The number of imidazole rings is 1. The number of aliphatic hydroxyl groups excluding tert-OH is 1. The molecule has 1 aromatic heterocycles. The summed E-state index contributed by atoms with van der Waals surface area (Å²) in [6, 6.07) is 14.0. The molecule has 6 heteroatoms. The van der Waals surface area contributed by atoms with E-state index in [4.69, 9.17) is 4.98 Å². The van der Waals surface area contributed by atoms with Gasteiger partial charge in [0, 0.05) is 29.3 Å². The second kappa shape index (κ2) is 8.51. The number of hydrogen-bond donors (Lipinski definition) is 1. The fourth-order valence-electron chi connectivity index (χ4n) is 5.46. The SMILES string of the molecule is CC1CCc2c(ccc3c2nc(C(O)c2ccccc2)n3C2CCC(C=O)CC2)N1C=O. The van der Waals surface area contributed by atoms with Gasteiger partial charge in [0.2, 0.25) is 6.41 Å². The van der Waals surface area contributed by atoms with Crippen molar-refractivity contribution in [3.05, 3.63) is 59.4 Å². The van der Waals surface area contributed by atoms with E-state index < -0.39 is 6.10 Å². The molecule has 2 aromatic carbocycles. The van der Waals surface area contributed by atoms with Gasteiger partial charge in [-0.3, -0.25) is 4.79 Å². The van der Waals surface area contributed by atoms with Crippen LogP contribution >= 0.6 is 0 Å². The number of aliphatic hydroxyl groups is 1. The standard InChI is InChI=1S/C26H29N3O3/c1-17-7-12-21-22(28(17)16-31)13-14-23-24(21)27-26(25(32)19-5-3-2-4-6-19)29(23)20-10-8-18(15-30)9-11-20/h2-6,13-18,20,25,32H,7-12H2,1H3. The minimum atomic E-state index is -0.840. The third-order valence-corrected chi connectivity index (χ3v) is 7.31. The van der Waals surface area contributed by atoms with Gasteiger partial charge in [0.1, 0.15) is 18.2 Å². The van der Waals surface area contributed by atoms with E-state index in [9.17, 15) is 14.7 Å². The molecule has 1 amide bonds. The molecule has 0 radical (unpaired) electrons. The Bertz CT molecular complexity index is 1130. The molecule has 1 aliphatic heterocycles. The first-order valence-corrected chi connectivity index (χ1v) is 11.6. The van der Waals surface area contributed by atoms with Crippen molar-refractivity contribution in [2.45, 2.75) is 63.6 Å². The maximum Gasteiger partial charge on any atom is 0.214 e. The van der Waals surface area contributed by atoms with Crippen LogP contribution in [0.25, 0.3) is 11.0 Å². The van der Waals surface area contributed by atoms with Gasteiger partial charge >= 0.3 is 0 Å². The Morgan fingerprint density at radius 1 is 1.03 bits per heavy atom. The molecule has 1 fully saturated rings. The number of aldehydes is 1. The maximum absolute atomic E-state index is 11.8. The van der Waals surface area contributed by atoms with Gasteiger partial charge in [-0.1, -0.05) is 30.3 Å². The van der Waals surface area contributed by atoms with Crippen molar-refractivity contribution in [1.82, 2.24) is 9.55 Å². The number of amides is 1. The van der Waals surface area contributed by atoms with Gasteiger partial charge in [-0.2, -0.15) is 0 Å². The molecule has 5 rings (SSSR count). The highest BCUT2D eigenvalue weighted by Crippen LogP contribution is 2.41. The van der Waals surface area contributed by atoms with E-state index in [1.165, 1.54) is 0 Å². The zero-order chi connectivity index (χ0) is 22.2. The highest BCUT2D eigenvalue weighted by molar-refractivity contribution is 5.91. The van der Waals surface area contributed by atoms with E-state index in [1.54, 1.807) is 4.90 Å². The van der Waals surface area contributed by atoms with Crippen molar-refractivity contribution in [1.29, 1.82) is 0 Å². The monoisotopic (exact) mass is 431 g/mol. The fourth-order valence-corrected chi connectivity index (χ4v) is 5.46. The Kier molecular flexibility index (Phi) is 5.55. The first-order valence-electron chi connectivity index (χ1n) is 11.6. The topological polar surface area (TPSA) is 75.4 Å². The van der Waals surface area contributed by atoms with E-state index in [0.717, 1.165) is 79.1 Å². The first kappa shape index (κ1) is 20.9. The van der Waals surface area contributed by atoms with Crippen LogP contribution in [0.15, 0.2) is 42.5 Å². The smallest absolute Gasteiger partial charge is 0.214 e. The van der Waals surface area contributed by atoms with Crippen LogP contribution in [0.3, 0.4) is 0 Å². The summed E-state index contributed by atoms with van der Waals surface area (Å²) in [6.07, 6.45) is 6.38. The number of aromatic nitrogens is 2. The lowest BCUT2D eigenvalue weighted by molar-refractivity contribution is -0.112. The normalized spacial score (nSPS) is 24.2. The largest absolute Gasteiger partial charge is 0.380 e.